The van der Waals surface area contributed by atoms with Gasteiger partial charge in [-0.15, -0.1) is 0 Å². The monoisotopic (exact) mass is 380 g/mol. The zero-order valence-electron chi connectivity index (χ0n) is 15.5. The molecular weight excluding hydrogens is 352 g/mol. The standard InChI is InChI=1S/C19H28N2O4S/c1-14(2)18(19(22)21-9-11-25-12-10-21)20-26(23,24)17-8-7-15-5-3-4-6-16(15)13-17/h7-8,13-14,18,20H,3-6,9-12H2,1-2H3/t18-/m1/s1. The van der Waals surface area contributed by atoms with Gasteiger partial charge in [0.15, 0.2) is 0 Å². The highest BCUT2D eigenvalue weighted by molar-refractivity contribution is 7.89. The van der Waals surface area contributed by atoms with Crippen LogP contribution >= 0.6 is 0 Å². The normalized spacial score (nSPS) is 19.3. The summed E-state index contributed by atoms with van der Waals surface area (Å²) in [6.45, 7) is 5.71. The molecule has 0 unspecified atom stereocenters. The minimum absolute atomic E-state index is 0.141. The second-order valence-electron chi connectivity index (χ2n) is 7.42. The Balaban J connectivity index is 1.80. The lowest BCUT2D eigenvalue weighted by atomic mass is 9.92. The fourth-order valence-corrected chi connectivity index (χ4v) is 4.95. The summed E-state index contributed by atoms with van der Waals surface area (Å²) < 4.78 is 33.8. The molecule has 1 aliphatic heterocycles. The topological polar surface area (TPSA) is 75.7 Å². The van der Waals surface area contributed by atoms with Crippen LogP contribution in [0.15, 0.2) is 23.1 Å². The molecule has 0 spiro atoms. The highest BCUT2D eigenvalue weighted by Gasteiger charge is 2.32. The van der Waals surface area contributed by atoms with Crippen molar-refractivity contribution in [2.24, 2.45) is 5.92 Å². The van der Waals surface area contributed by atoms with Gasteiger partial charge in [-0.3, -0.25) is 4.79 Å². The Hall–Kier alpha value is -1.44. The molecule has 1 amide bonds. The Morgan fingerprint density at radius 1 is 1.12 bits per heavy atom. The number of nitrogens with one attached hydrogen (secondary N) is 1. The molecule has 144 valence electrons. The molecule has 1 N–H and O–H groups in total. The lowest BCUT2D eigenvalue weighted by Gasteiger charge is -2.32. The van der Waals surface area contributed by atoms with E-state index in [1.165, 1.54) is 5.56 Å². The summed E-state index contributed by atoms with van der Waals surface area (Å²) in [7, 11) is -3.75. The zero-order chi connectivity index (χ0) is 18.7. The Morgan fingerprint density at radius 3 is 2.42 bits per heavy atom. The van der Waals surface area contributed by atoms with E-state index in [-0.39, 0.29) is 16.7 Å². The van der Waals surface area contributed by atoms with Crippen molar-refractivity contribution in [3.05, 3.63) is 29.3 Å². The Morgan fingerprint density at radius 2 is 1.77 bits per heavy atom. The third-order valence-corrected chi connectivity index (χ3v) is 6.61. The van der Waals surface area contributed by atoms with Gasteiger partial charge in [0.25, 0.3) is 0 Å². The molecule has 1 aromatic carbocycles. The lowest BCUT2D eigenvalue weighted by molar-refractivity contribution is -0.138. The van der Waals surface area contributed by atoms with Crippen molar-refractivity contribution in [2.45, 2.75) is 50.5 Å². The average Bonchev–Trinajstić information content (AvgIpc) is 2.65. The molecule has 26 heavy (non-hydrogen) atoms. The van der Waals surface area contributed by atoms with E-state index in [4.69, 9.17) is 4.74 Å². The van der Waals surface area contributed by atoms with Gasteiger partial charge in [-0.25, -0.2) is 8.42 Å². The minimum Gasteiger partial charge on any atom is -0.378 e. The number of fused-ring (bicyclic) bond motifs is 1. The van der Waals surface area contributed by atoms with E-state index < -0.39 is 16.1 Å². The summed E-state index contributed by atoms with van der Waals surface area (Å²) in [4.78, 5) is 14.8. The molecule has 6 nitrogen and oxygen atoms in total. The van der Waals surface area contributed by atoms with Crippen LogP contribution in [0.2, 0.25) is 0 Å². The SMILES string of the molecule is CC(C)[C@@H](NS(=O)(=O)c1ccc2c(c1)CCCC2)C(=O)N1CCOCC1. The van der Waals surface area contributed by atoms with E-state index in [1.807, 2.05) is 19.9 Å². The first-order valence-electron chi connectivity index (χ1n) is 9.39. The van der Waals surface area contributed by atoms with E-state index in [0.29, 0.717) is 26.3 Å². The van der Waals surface area contributed by atoms with Crippen molar-refractivity contribution in [3.8, 4) is 0 Å². The van der Waals surface area contributed by atoms with Gasteiger partial charge in [0.1, 0.15) is 6.04 Å². The van der Waals surface area contributed by atoms with E-state index >= 15 is 0 Å². The van der Waals surface area contributed by atoms with Gasteiger partial charge in [0, 0.05) is 13.1 Å². The molecule has 0 aromatic heterocycles. The fraction of sp³-hybridized carbons (Fsp3) is 0.632. The maximum atomic E-state index is 12.9. The number of hydrogen-bond donors (Lipinski definition) is 1. The van der Waals surface area contributed by atoms with E-state index in [0.717, 1.165) is 31.2 Å². The van der Waals surface area contributed by atoms with Crippen molar-refractivity contribution in [1.29, 1.82) is 0 Å². The number of sulfonamides is 1. The van der Waals surface area contributed by atoms with Crippen LogP contribution in [-0.4, -0.2) is 51.6 Å². The van der Waals surface area contributed by atoms with Crippen molar-refractivity contribution in [1.82, 2.24) is 9.62 Å². The van der Waals surface area contributed by atoms with Crippen molar-refractivity contribution < 1.29 is 17.9 Å². The first-order chi connectivity index (χ1) is 12.4. The van der Waals surface area contributed by atoms with Crippen LogP contribution < -0.4 is 4.72 Å². The number of hydrogen-bond acceptors (Lipinski definition) is 4. The molecule has 1 aromatic rings. The third-order valence-electron chi connectivity index (χ3n) is 5.17. The van der Waals surface area contributed by atoms with Crippen molar-refractivity contribution in [2.75, 3.05) is 26.3 Å². The molecule has 7 heteroatoms. The number of carbonyl (C=O) groups is 1. The molecule has 0 bridgehead atoms. The molecule has 3 rings (SSSR count). The maximum Gasteiger partial charge on any atom is 0.241 e. The molecular formula is C19H28N2O4S. The molecule has 1 aliphatic carbocycles. The van der Waals surface area contributed by atoms with Crippen LogP contribution in [0.1, 0.15) is 37.8 Å². The smallest absolute Gasteiger partial charge is 0.241 e. The summed E-state index contributed by atoms with van der Waals surface area (Å²) >= 11 is 0. The number of morpholine rings is 1. The van der Waals surface area contributed by atoms with Crippen LogP contribution in [-0.2, 0) is 32.4 Å². The van der Waals surface area contributed by atoms with Gasteiger partial charge in [-0.1, -0.05) is 19.9 Å². The molecule has 0 radical (unpaired) electrons. The summed E-state index contributed by atoms with van der Waals surface area (Å²) in [6.07, 6.45) is 4.17. The van der Waals surface area contributed by atoms with Crippen LogP contribution in [0.25, 0.3) is 0 Å². The number of carbonyl (C=O) groups excluding carboxylic acids is 1. The third kappa shape index (κ3) is 4.27. The summed E-state index contributed by atoms with van der Waals surface area (Å²) in [5.41, 5.74) is 2.35. The highest BCUT2D eigenvalue weighted by Crippen LogP contribution is 2.24. The van der Waals surface area contributed by atoms with Gasteiger partial charge >= 0.3 is 0 Å². The van der Waals surface area contributed by atoms with Gasteiger partial charge in [0.05, 0.1) is 18.1 Å². The van der Waals surface area contributed by atoms with E-state index in [9.17, 15) is 13.2 Å². The largest absolute Gasteiger partial charge is 0.378 e. The Kier molecular flexibility index (Phi) is 5.99. The van der Waals surface area contributed by atoms with E-state index in [2.05, 4.69) is 4.72 Å². The Bertz CT molecular complexity index is 755. The zero-order valence-corrected chi connectivity index (χ0v) is 16.3. The molecule has 1 fully saturated rings. The van der Waals surface area contributed by atoms with Gasteiger partial charge in [0.2, 0.25) is 15.9 Å². The molecule has 2 aliphatic rings. The first kappa shape index (κ1) is 19.3. The average molecular weight is 381 g/mol. The summed E-state index contributed by atoms with van der Waals surface area (Å²) in [5.74, 6) is -0.317. The fourth-order valence-electron chi connectivity index (χ4n) is 3.56. The van der Waals surface area contributed by atoms with Crippen LogP contribution in [0.3, 0.4) is 0 Å². The number of amides is 1. The molecule has 1 heterocycles. The quantitative estimate of drug-likeness (QED) is 0.844. The van der Waals surface area contributed by atoms with Gasteiger partial charge < -0.3 is 9.64 Å². The highest BCUT2D eigenvalue weighted by atomic mass is 32.2. The van der Waals surface area contributed by atoms with Gasteiger partial charge in [-0.05, 0) is 54.9 Å². The number of benzene rings is 1. The number of nitrogens with zero attached hydrogens (tertiary/aromatic N) is 1. The number of rotatable bonds is 5. The van der Waals surface area contributed by atoms with Crippen molar-refractivity contribution >= 4 is 15.9 Å². The van der Waals surface area contributed by atoms with Crippen LogP contribution in [0.5, 0.6) is 0 Å². The summed E-state index contributed by atoms with van der Waals surface area (Å²) in [5, 5.41) is 0. The minimum atomic E-state index is -3.75. The van der Waals surface area contributed by atoms with E-state index in [1.54, 1.807) is 17.0 Å². The first-order valence-corrected chi connectivity index (χ1v) is 10.9. The Labute approximate surface area is 156 Å². The predicted octanol–water partition coefficient (Wildman–Crippen LogP) is 1.73. The van der Waals surface area contributed by atoms with Crippen LogP contribution in [0.4, 0.5) is 0 Å². The lowest BCUT2D eigenvalue weighted by Crippen LogP contribution is -2.53. The number of ether oxygens (including phenoxy) is 1. The maximum absolute atomic E-state index is 12.9. The molecule has 1 atom stereocenters. The molecule has 1 saturated heterocycles. The second-order valence-corrected chi connectivity index (χ2v) is 9.13. The van der Waals surface area contributed by atoms with Crippen LogP contribution in [0, 0.1) is 5.92 Å². The summed E-state index contributed by atoms with van der Waals surface area (Å²) in [6, 6.07) is 4.57. The second kappa shape index (κ2) is 8.06. The number of aryl methyl sites for hydroxylation is 2. The van der Waals surface area contributed by atoms with Crippen molar-refractivity contribution in [3.63, 3.8) is 0 Å². The predicted molar refractivity (Wildman–Crippen MR) is 99.4 cm³/mol. The molecule has 0 saturated carbocycles. The van der Waals surface area contributed by atoms with Gasteiger partial charge in [-0.2, -0.15) is 4.72 Å².